The molecule has 0 saturated carbocycles. The number of ether oxygens (including phenoxy) is 2. The first-order valence-corrected chi connectivity index (χ1v) is 5.40. The molecule has 0 unspecified atom stereocenters. The number of nitrogens with two attached hydrogens (primary N) is 2. The highest BCUT2D eigenvalue weighted by Gasteiger charge is 2.09. The molecule has 5 nitrogen and oxygen atoms in total. The van der Waals surface area contributed by atoms with Crippen LogP contribution < -0.4 is 20.9 Å². The normalized spacial score (nSPS) is 10.1. The molecule has 0 aliphatic rings. The summed E-state index contributed by atoms with van der Waals surface area (Å²) in [5.74, 6) is 2.10. The van der Waals surface area contributed by atoms with E-state index in [9.17, 15) is 0 Å². The SMILES string of the molecule is COc1ccc(-c2ccc(N)nc2N)cc1OC. The van der Waals surface area contributed by atoms with Crippen LogP contribution in [0.25, 0.3) is 11.1 Å². The zero-order chi connectivity index (χ0) is 13.1. The van der Waals surface area contributed by atoms with Crippen molar-refractivity contribution in [1.29, 1.82) is 0 Å². The summed E-state index contributed by atoms with van der Waals surface area (Å²) in [6.07, 6.45) is 0. The van der Waals surface area contributed by atoms with E-state index in [1.165, 1.54) is 0 Å². The first-order chi connectivity index (χ1) is 8.65. The average Bonchev–Trinajstić information content (AvgIpc) is 2.38. The summed E-state index contributed by atoms with van der Waals surface area (Å²) in [6, 6.07) is 9.11. The van der Waals surface area contributed by atoms with Gasteiger partial charge >= 0.3 is 0 Å². The Morgan fingerprint density at radius 3 is 2.28 bits per heavy atom. The van der Waals surface area contributed by atoms with Crippen LogP contribution in [0.2, 0.25) is 0 Å². The number of rotatable bonds is 3. The minimum absolute atomic E-state index is 0.391. The van der Waals surface area contributed by atoms with Gasteiger partial charge in [0.25, 0.3) is 0 Å². The smallest absolute Gasteiger partial charge is 0.161 e. The zero-order valence-corrected chi connectivity index (χ0v) is 10.3. The standard InChI is InChI=1S/C13H15N3O2/c1-17-10-5-3-8(7-11(10)18-2)9-4-6-12(14)16-13(9)15/h3-7H,1-2H3,(H4,14,15,16). The Balaban J connectivity index is 2.51. The lowest BCUT2D eigenvalue weighted by atomic mass is 10.1. The van der Waals surface area contributed by atoms with Crippen molar-refractivity contribution in [3.05, 3.63) is 30.3 Å². The number of aromatic nitrogens is 1. The second kappa shape index (κ2) is 4.83. The van der Waals surface area contributed by atoms with E-state index in [0.717, 1.165) is 11.1 Å². The van der Waals surface area contributed by atoms with Crippen molar-refractivity contribution in [3.8, 4) is 22.6 Å². The van der Waals surface area contributed by atoms with Gasteiger partial charge in [-0.2, -0.15) is 0 Å². The fourth-order valence-electron chi connectivity index (χ4n) is 1.74. The molecule has 0 bridgehead atoms. The Morgan fingerprint density at radius 1 is 0.944 bits per heavy atom. The third kappa shape index (κ3) is 2.15. The Bertz CT molecular complexity index is 570. The zero-order valence-electron chi connectivity index (χ0n) is 10.3. The van der Waals surface area contributed by atoms with Crippen LogP contribution in [0.3, 0.4) is 0 Å². The number of nitrogen functional groups attached to an aromatic ring is 2. The molecule has 0 aliphatic carbocycles. The molecule has 2 aromatic rings. The van der Waals surface area contributed by atoms with Gasteiger partial charge in [0.1, 0.15) is 11.6 Å². The van der Waals surface area contributed by atoms with E-state index < -0.39 is 0 Å². The van der Waals surface area contributed by atoms with E-state index in [1.54, 1.807) is 20.3 Å². The van der Waals surface area contributed by atoms with Gasteiger partial charge in [0.05, 0.1) is 14.2 Å². The van der Waals surface area contributed by atoms with Crippen LogP contribution >= 0.6 is 0 Å². The van der Waals surface area contributed by atoms with E-state index in [-0.39, 0.29) is 0 Å². The maximum atomic E-state index is 5.85. The summed E-state index contributed by atoms with van der Waals surface area (Å²) in [5, 5.41) is 0. The Labute approximate surface area is 105 Å². The van der Waals surface area contributed by atoms with Crippen LogP contribution in [0, 0.1) is 0 Å². The maximum absolute atomic E-state index is 5.85. The highest BCUT2D eigenvalue weighted by atomic mass is 16.5. The second-order valence-electron chi connectivity index (χ2n) is 3.74. The predicted molar refractivity (Wildman–Crippen MR) is 71.6 cm³/mol. The van der Waals surface area contributed by atoms with Gasteiger partial charge in [0, 0.05) is 5.56 Å². The van der Waals surface area contributed by atoms with Crippen molar-refractivity contribution < 1.29 is 9.47 Å². The molecule has 5 heteroatoms. The highest BCUT2D eigenvalue weighted by Crippen LogP contribution is 2.34. The lowest BCUT2D eigenvalue weighted by Crippen LogP contribution is -1.98. The fraction of sp³-hybridized carbons (Fsp3) is 0.154. The van der Waals surface area contributed by atoms with Gasteiger partial charge in [-0.05, 0) is 29.8 Å². The molecule has 1 aromatic carbocycles. The Hall–Kier alpha value is -2.43. The van der Waals surface area contributed by atoms with Gasteiger partial charge in [-0.15, -0.1) is 0 Å². The van der Waals surface area contributed by atoms with Crippen molar-refractivity contribution in [2.45, 2.75) is 0 Å². The monoisotopic (exact) mass is 245 g/mol. The van der Waals surface area contributed by atoms with Crippen LogP contribution in [0.1, 0.15) is 0 Å². The molecule has 0 fully saturated rings. The maximum Gasteiger partial charge on any atom is 0.161 e. The van der Waals surface area contributed by atoms with E-state index in [0.29, 0.717) is 23.1 Å². The lowest BCUT2D eigenvalue weighted by Gasteiger charge is -2.11. The first kappa shape index (κ1) is 12.0. The van der Waals surface area contributed by atoms with Gasteiger partial charge in [-0.3, -0.25) is 0 Å². The van der Waals surface area contributed by atoms with E-state index in [2.05, 4.69) is 4.98 Å². The molecular weight excluding hydrogens is 230 g/mol. The largest absolute Gasteiger partial charge is 0.493 e. The molecule has 0 atom stereocenters. The molecule has 1 aromatic heterocycles. The van der Waals surface area contributed by atoms with Crippen LogP contribution in [0.5, 0.6) is 11.5 Å². The number of pyridine rings is 1. The van der Waals surface area contributed by atoms with E-state index >= 15 is 0 Å². The van der Waals surface area contributed by atoms with Crippen molar-refractivity contribution in [2.75, 3.05) is 25.7 Å². The van der Waals surface area contributed by atoms with Crippen LogP contribution in [0.15, 0.2) is 30.3 Å². The van der Waals surface area contributed by atoms with Gasteiger partial charge in [-0.1, -0.05) is 6.07 Å². The summed E-state index contributed by atoms with van der Waals surface area (Å²) in [4.78, 5) is 4.03. The summed E-state index contributed by atoms with van der Waals surface area (Å²) < 4.78 is 10.4. The third-order valence-corrected chi connectivity index (χ3v) is 2.64. The van der Waals surface area contributed by atoms with Crippen LogP contribution in [0.4, 0.5) is 11.6 Å². The second-order valence-corrected chi connectivity index (χ2v) is 3.74. The van der Waals surface area contributed by atoms with Gasteiger partial charge in [-0.25, -0.2) is 4.98 Å². The number of anilines is 2. The van der Waals surface area contributed by atoms with Crippen molar-refractivity contribution >= 4 is 11.6 Å². The Kier molecular flexibility index (Phi) is 3.23. The van der Waals surface area contributed by atoms with Gasteiger partial charge in [0.2, 0.25) is 0 Å². The van der Waals surface area contributed by atoms with E-state index in [1.807, 2.05) is 24.3 Å². The summed E-state index contributed by atoms with van der Waals surface area (Å²) >= 11 is 0. The molecule has 1 heterocycles. The van der Waals surface area contributed by atoms with E-state index in [4.69, 9.17) is 20.9 Å². The summed E-state index contributed by atoms with van der Waals surface area (Å²) in [7, 11) is 3.18. The van der Waals surface area contributed by atoms with Crippen molar-refractivity contribution in [3.63, 3.8) is 0 Å². The summed E-state index contributed by atoms with van der Waals surface area (Å²) in [6.45, 7) is 0. The molecule has 0 saturated heterocycles. The molecule has 0 amide bonds. The lowest BCUT2D eigenvalue weighted by molar-refractivity contribution is 0.355. The summed E-state index contributed by atoms with van der Waals surface area (Å²) in [5.41, 5.74) is 13.1. The quantitative estimate of drug-likeness (QED) is 0.863. The predicted octanol–water partition coefficient (Wildman–Crippen LogP) is 1.93. The number of hydrogen-bond donors (Lipinski definition) is 2. The Morgan fingerprint density at radius 2 is 1.67 bits per heavy atom. The number of methoxy groups -OCH3 is 2. The molecular formula is C13H15N3O2. The minimum Gasteiger partial charge on any atom is -0.493 e. The highest BCUT2D eigenvalue weighted by molar-refractivity contribution is 5.76. The molecule has 0 spiro atoms. The molecule has 94 valence electrons. The topological polar surface area (TPSA) is 83.4 Å². The molecule has 4 N–H and O–H groups in total. The molecule has 0 aliphatic heterocycles. The minimum atomic E-state index is 0.391. The van der Waals surface area contributed by atoms with Gasteiger partial charge < -0.3 is 20.9 Å². The van der Waals surface area contributed by atoms with Gasteiger partial charge in [0.15, 0.2) is 11.5 Å². The average molecular weight is 245 g/mol. The molecule has 0 radical (unpaired) electrons. The van der Waals surface area contributed by atoms with Crippen molar-refractivity contribution in [2.24, 2.45) is 0 Å². The number of benzene rings is 1. The van der Waals surface area contributed by atoms with Crippen LogP contribution in [-0.2, 0) is 0 Å². The third-order valence-electron chi connectivity index (χ3n) is 2.64. The number of nitrogens with zero attached hydrogens (tertiary/aromatic N) is 1. The molecule has 2 rings (SSSR count). The fourth-order valence-corrected chi connectivity index (χ4v) is 1.74. The molecule has 18 heavy (non-hydrogen) atoms. The number of hydrogen-bond acceptors (Lipinski definition) is 5. The first-order valence-electron chi connectivity index (χ1n) is 5.40. The van der Waals surface area contributed by atoms with Crippen LogP contribution in [-0.4, -0.2) is 19.2 Å². The van der Waals surface area contributed by atoms with Crippen molar-refractivity contribution in [1.82, 2.24) is 4.98 Å².